The minimum Gasteiger partial charge on any atom is -0.490 e. The Morgan fingerprint density at radius 2 is 2.18 bits per heavy atom. The second kappa shape index (κ2) is 5.54. The van der Waals surface area contributed by atoms with Crippen LogP contribution < -0.4 is 10.5 Å². The summed E-state index contributed by atoms with van der Waals surface area (Å²) in [6.45, 7) is 5.02. The fourth-order valence-electron chi connectivity index (χ4n) is 2.64. The van der Waals surface area contributed by atoms with Crippen LogP contribution in [0.15, 0.2) is 18.2 Å². The summed E-state index contributed by atoms with van der Waals surface area (Å²) in [7, 11) is 0. The van der Waals surface area contributed by atoms with Gasteiger partial charge in [-0.3, -0.25) is 0 Å². The third kappa shape index (κ3) is 3.22. The first kappa shape index (κ1) is 12.4. The van der Waals surface area contributed by atoms with Gasteiger partial charge in [-0.2, -0.15) is 0 Å². The van der Waals surface area contributed by atoms with Gasteiger partial charge < -0.3 is 10.5 Å². The van der Waals surface area contributed by atoms with Crippen LogP contribution >= 0.6 is 0 Å². The first-order valence-corrected chi connectivity index (χ1v) is 6.65. The van der Waals surface area contributed by atoms with Gasteiger partial charge in [0.15, 0.2) is 0 Å². The van der Waals surface area contributed by atoms with Crippen LogP contribution in [0.3, 0.4) is 0 Å². The molecule has 0 aliphatic heterocycles. The predicted molar refractivity (Wildman–Crippen MR) is 71.1 cm³/mol. The molecule has 1 aliphatic rings. The maximum absolute atomic E-state index is 6.12. The van der Waals surface area contributed by atoms with Crippen LogP contribution in [0.25, 0.3) is 0 Å². The number of nitrogens with two attached hydrogens (primary N) is 1. The lowest BCUT2D eigenvalue weighted by atomic mass is 9.88. The van der Waals surface area contributed by atoms with E-state index in [1.54, 1.807) is 0 Å². The molecular formula is C15H23NO. The van der Waals surface area contributed by atoms with Crippen molar-refractivity contribution >= 4 is 0 Å². The van der Waals surface area contributed by atoms with E-state index in [4.69, 9.17) is 10.5 Å². The minimum atomic E-state index is 0.404. The second-order valence-corrected chi connectivity index (χ2v) is 5.32. The van der Waals surface area contributed by atoms with E-state index in [1.807, 2.05) is 0 Å². The van der Waals surface area contributed by atoms with Crippen LogP contribution in [0.5, 0.6) is 5.75 Å². The molecule has 2 nitrogen and oxygen atoms in total. The number of benzene rings is 1. The van der Waals surface area contributed by atoms with E-state index in [9.17, 15) is 0 Å². The van der Waals surface area contributed by atoms with Crippen LogP contribution in [-0.4, -0.2) is 6.10 Å². The Bertz CT molecular complexity index is 375. The summed E-state index contributed by atoms with van der Waals surface area (Å²) in [6.07, 6.45) is 5.44. The van der Waals surface area contributed by atoms with E-state index in [1.165, 1.54) is 36.8 Å². The third-order valence-corrected chi connectivity index (χ3v) is 3.66. The maximum Gasteiger partial charge on any atom is 0.122 e. The average molecular weight is 233 g/mol. The van der Waals surface area contributed by atoms with Crippen LogP contribution in [0.2, 0.25) is 0 Å². The van der Waals surface area contributed by atoms with E-state index < -0.39 is 0 Å². The van der Waals surface area contributed by atoms with Crippen molar-refractivity contribution in [3.63, 3.8) is 0 Å². The summed E-state index contributed by atoms with van der Waals surface area (Å²) in [4.78, 5) is 0. The van der Waals surface area contributed by atoms with Gasteiger partial charge in [0.25, 0.3) is 0 Å². The molecule has 0 heterocycles. The molecule has 1 aromatic rings. The molecule has 1 saturated carbocycles. The summed E-state index contributed by atoms with van der Waals surface area (Å²) < 4.78 is 6.12. The van der Waals surface area contributed by atoms with Crippen LogP contribution in [0.4, 0.5) is 0 Å². The van der Waals surface area contributed by atoms with E-state index >= 15 is 0 Å². The lowest BCUT2D eigenvalue weighted by Crippen LogP contribution is -2.24. The van der Waals surface area contributed by atoms with Gasteiger partial charge in [0.1, 0.15) is 5.75 Å². The highest BCUT2D eigenvalue weighted by molar-refractivity contribution is 5.36. The molecule has 0 aromatic heterocycles. The monoisotopic (exact) mass is 233 g/mol. The molecule has 2 rings (SSSR count). The highest BCUT2D eigenvalue weighted by Gasteiger charge is 2.20. The SMILES string of the molecule is Cc1cc(CN)ccc1OC1CCCC(C)C1. The Labute approximate surface area is 104 Å². The fourth-order valence-corrected chi connectivity index (χ4v) is 2.64. The molecule has 2 atom stereocenters. The molecule has 0 bridgehead atoms. The van der Waals surface area contributed by atoms with E-state index in [-0.39, 0.29) is 0 Å². The van der Waals surface area contributed by atoms with E-state index in [0.717, 1.165) is 11.7 Å². The van der Waals surface area contributed by atoms with Gasteiger partial charge in [-0.1, -0.05) is 25.5 Å². The first-order chi connectivity index (χ1) is 8.19. The lowest BCUT2D eigenvalue weighted by Gasteiger charge is -2.28. The van der Waals surface area contributed by atoms with Gasteiger partial charge in [-0.15, -0.1) is 0 Å². The molecular weight excluding hydrogens is 210 g/mol. The highest BCUT2D eigenvalue weighted by atomic mass is 16.5. The quantitative estimate of drug-likeness (QED) is 0.868. The number of hydrogen-bond donors (Lipinski definition) is 1. The molecule has 2 N–H and O–H groups in total. The van der Waals surface area contributed by atoms with Gasteiger partial charge in [-0.05, 0) is 49.3 Å². The standard InChI is InChI=1S/C15H23NO/c1-11-4-3-5-14(8-11)17-15-7-6-13(10-16)9-12(15)2/h6-7,9,11,14H,3-5,8,10,16H2,1-2H3. The minimum absolute atomic E-state index is 0.404. The zero-order chi connectivity index (χ0) is 12.3. The summed E-state index contributed by atoms with van der Waals surface area (Å²) in [5, 5.41) is 0. The molecule has 17 heavy (non-hydrogen) atoms. The third-order valence-electron chi connectivity index (χ3n) is 3.66. The Morgan fingerprint density at radius 1 is 1.35 bits per heavy atom. The van der Waals surface area contributed by atoms with Crippen molar-refractivity contribution in [1.82, 2.24) is 0 Å². The molecule has 0 saturated heterocycles. The van der Waals surface area contributed by atoms with Gasteiger partial charge in [0.05, 0.1) is 6.10 Å². The normalized spacial score (nSPS) is 24.6. The van der Waals surface area contributed by atoms with Crippen molar-refractivity contribution in [3.05, 3.63) is 29.3 Å². The van der Waals surface area contributed by atoms with Gasteiger partial charge in [-0.25, -0.2) is 0 Å². The fraction of sp³-hybridized carbons (Fsp3) is 0.600. The van der Waals surface area contributed by atoms with Crippen molar-refractivity contribution < 1.29 is 4.74 Å². The van der Waals surface area contributed by atoms with Crippen LogP contribution in [0, 0.1) is 12.8 Å². The van der Waals surface area contributed by atoms with E-state index in [0.29, 0.717) is 12.6 Å². The van der Waals surface area contributed by atoms with Gasteiger partial charge in [0.2, 0.25) is 0 Å². The van der Waals surface area contributed by atoms with Crippen molar-refractivity contribution in [2.24, 2.45) is 11.7 Å². The molecule has 2 heteroatoms. The van der Waals surface area contributed by atoms with Gasteiger partial charge in [0, 0.05) is 6.54 Å². The van der Waals surface area contributed by atoms with E-state index in [2.05, 4.69) is 32.0 Å². The van der Waals surface area contributed by atoms with Crippen LogP contribution in [0.1, 0.15) is 43.7 Å². The second-order valence-electron chi connectivity index (χ2n) is 5.32. The highest BCUT2D eigenvalue weighted by Crippen LogP contribution is 2.29. The zero-order valence-corrected chi connectivity index (χ0v) is 10.9. The molecule has 0 amide bonds. The number of ether oxygens (including phenoxy) is 1. The van der Waals surface area contributed by atoms with Crippen molar-refractivity contribution in [2.75, 3.05) is 0 Å². The lowest BCUT2D eigenvalue weighted by molar-refractivity contribution is 0.128. The van der Waals surface area contributed by atoms with Crippen molar-refractivity contribution in [1.29, 1.82) is 0 Å². The van der Waals surface area contributed by atoms with Crippen LogP contribution in [-0.2, 0) is 6.54 Å². The summed E-state index contributed by atoms with van der Waals surface area (Å²) >= 11 is 0. The maximum atomic E-state index is 6.12. The largest absolute Gasteiger partial charge is 0.490 e. The molecule has 0 radical (unpaired) electrons. The Kier molecular flexibility index (Phi) is 4.06. The summed E-state index contributed by atoms with van der Waals surface area (Å²) in [5.41, 5.74) is 8.00. The Hall–Kier alpha value is -1.02. The first-order valence-electron chi connectivity index (χ1n) is 6.65. The molecule has 1 aromatic carbocycles. The predicted octanol–water partition coefficient (Wildman–Crippen LogP) is 3.41. The van der Waals surface area contributed by atoms with Crippen molar-refractivity contribution in [3.8, 4) is 5.75 Å². The Balaban J connectivity index is 2.02. The molecule has 94 valence electrons. The summed E-state index contributed by atoms with van der Waals surface area (Å²) in [6, 6.07) is 6.26. The Morgan fingerprint density at radius 3 is 2.82 bits per heavy atom. The average Bonchev–Trinajstić information content (AvgIpc) is 2.32. The van der Waals surface area contributed by atoms with Crippen molar-refractivity contribution in [2.45, 2.75) is 52.2 Å². The zero-order valence-electron chi connectivity index (χ0n) is 10.9. The molecule has 1 fully saturated rings. The smallest absolute Gasteiger partial charge is 0.122 e. The number of aryl methyl sites for hydroxylation is 1. The number of rotatable bonds is 3. The molecule has 2 unspecified atom stereocenters. The molecule has 0 spiro atoms. The number of hydrogen-bond acceptors (Lipinski definition) is 2. The summed E-state index contributed by atoms with van der Waals surface area (Å²) in [5.74, 6) is 1.83. The molecule has 1 aliphatic carbocycles. The van der Waals surface area contributed by atoms with Gasteiger partial charge >= 0.3 is 0 Å². The topological polar surface area (TPSA) is 35.2 Å².